The van der Waals surface area contributed by atoms with Crippen LogP contribution in [0.1, 0.15) is 24.1 Å². The summed E-state index contributed by atoms with van der Waals surface area (Å²) in [5.74, 6) is 0.0190. The van der Waals surface area contributed by atoms with Crippen molar-refractivity contribution in [1.82, 2.24) is 14.2 Å². The van der Waals surface area contributed by atoms with Crippen LogP contribution in [0.2, 0.25) is 5.02 Å². The summed E-state index contributed by atoms with van der Waals surface area (Å²) in [6.07, 6.45) is 4.76. The summed E-state index contributed by atoms with van der Waals surface area (Å²) < 4.78 is 24.5. The largest absolute Gasteiger partial charge is 0.338 e. The van der Waals surface area contributed by atoms with E-state index in [0.29, 0.717) is 44.0 Å². The number of carbonyl (C=O) groups excluding carboxylic acids is 1. The molecule has 3 rings (SSSR count). The van der Waals surface area contributed by atoms with E-state index >= 15 is 0 Å². The Morgan fingerprint density at radius 1 is 1.30 bits per heavy atom. The smallest absolute Gasteiger partial charge is 0.226 e. The monoisotopic (exact) mass is 357 g/mol. The molecule has 1 amide bonds. The minimum absolute atomic E-state index is 0.0957. The number of amides is 1. The highest BCUT2D eigenvalue weighted by Gasteiger charge is 2.32. The van der Waals surface area contributed by atoms with Gasteiger partial charge < -0.3 is 4.90 Å². The van der Waals surface area contributed by atoms with Crippen molar-refractivity contribution >= 4 is 27.5 Å². The van der Waals surface area contributed by atoms with Gasteiger partial charge in [-0.2, -0.15) is 0 Å². The maximum absolute atomic E-state index is 12.7. The first-order chi connectivity index (χ1) is 10.8. The molecule has 1 fully saturated rings. The molecule has 6 nitrogen and oxygen atoms in total. The Labute approximate surface area is 141 Å². The van der Waals surface area contributed by atoms with E-state index in [1.165, 1.54) is 10.6 Å². The molecule has 0 aromatic carbocycles. The van der Waals surface area contributed by atoms with Crippen LogP contribution in [0.3, 0.4) is 0 Å². The molecule has 8 heteroatoms. The number of pyridine rings is 1. The van der Waals surface area contributed by atoms with Gasteiger partial charge in [0.1, 0.15) is 0 Å². The second-order valence-corrected chi connectivity index (χ2v) is 8.62. The number of sulfonamides is 1. The highest BCUT2D eigenvalue weighted by molar-refractivity contribution is 7.88. The Balaban J connectivity index is 1.64. The van der Waals surface area contributed by atoms with Crippen molar-refractivity contribution < 1.29 is 13.2 Å². The Bertz CT molecular complexity index is 715. The van der Waals surface area contributed by atoms with Gasteiger partial charge in [-0.25, -0.2) is 12.7 Å². The molecule has 0 atom stereocenters. The SMILES string of the molecule is CS(=O)(=O)N1CCC(C(=O)N2CCc3ncc(Cl)cc3C2)CC1. The lowest BCUT2D eigenvalue weighted by Crippen LogP contribution is -2.45. The molecule has 1 saturated heterocycles. The van der Waals surface area contributed by atoms with Crippen LogP contribution < -0.4 is 0 Å². The molecular weight excluding hydrogens is 338 g/mol. The van der Waals surface area contributed by atoms with Gasteiger partial charge in [0, 0.05) is 50.4 Å². The van der Waals surface area contributed by atoms with E-state index in [9.17, 15) is 13.2 Å². The summed E-state index contributed by atoms with van der Waals surface area (Å²) in [5.41, 5.74) is 2.01. The number of aromatic nitrogens is 1. The summed E-state index contributed by atoms with van der Waals surface area (Å²) in [4.78, 5) is 18.9. The van der Waals surface area contributed by atoms with E-state index in [2.05, 4.69) is 4.98 Å². The normalized spacial score (nSPS) is 20.3. The topological polar surface area (TPSA) is 70.6 Å². The average molecular weight is 358 g/mol. The van der Waals surface area contributed by atoms with Crippen molar-refractivity contribution in [3.8, 4) is 0 Å². The lowest BCUT2D eigenvalue weighted by Gasteiger charge is -2.35. The van der Waals surface area contributed by atoms with Gasteiger partial charge in [0.05, 0.1) is 11.3 Å². The van der Waals surface area contributed by atoms with Gasteiger partial charge in [0.15, 0.2) is 0 Å². The Kier molecular flexibility index (Phi) is 4.62. The van der Waals surface area contributed by atoms with Crippen molar-refractivity contribution in [3.05, 3.63) is 28.5 Å². The highest BCUT2D eigenvalue weighted by Crippen LogP contribution is 2.25. The van der Waals surface area contributed by atoms with Crippen LogP contribution in [-0.2, 0) is 27.8 Å². The predicted octanol–water partition coefficient (Wildman–Crippen LogP) is 1.29. The summed E-state index contributed by atoms with van der Waals surface area (Å²) >= 11 is 5.98. The molecule has 0 radical (unpaired) electrons. The summed E-state index contributed by atoms with van der Waals surface area (Å²) in [5, 5.41) is 0.583. The molecule has 0 bridgehead atoms. The minimum Gasteiger partial charge on any atom is -0.338 e. The third-order valence-corrected chi connectivity index (χ3v) is 6.10. The molecule has 0 saturated carbocycles. The van der Waals surface area contributed by atoms with Crippen molar-refractivity contribution in [3.63, 3.8) is 0 Å². The van der Waals surface area contributed by atoms with Gasteiger partial charge in [0.25, 0.3) is 0 Å². The summed E-state index contributed by atoms with van der Waals surface area (Å²) in [6.45, 7) is 2.04. The lowest BCUT2D eigenvalue weighted by atomic mass is 9.95. The number of hydrogen-bond donors (Lipinski definition) is 0. The first kappa shape index (κ1) is 16.7. The predicted molar refractivity (Wildman–Crippen MR) is 87.5 cm³/mol. The number of carbonyl (C=O) groups is 1. The van der Waals surface area contributed by atoms with Crippen LogP contribution in [0.25, 0.3) is 0 Å². The van der Waals surface area contributed by atoms with Gasteiger partial charge in [-0.1, -0.05) is 11.6 Å². The molecule has 1 aromatic heterocycles. The molecule has 23 heavy (non-hydrogen) atoms. The van der Waals surface area contributed by atoms with Gasteiger partial charge in [0.2, 0.25) is 15.9 Å². The second-order valence-electron chi connectivity index (χ2n) is 6.21. The van der Waals surface area contributed by atoms with Crippen molar-refractivity contribution in [2.75, 3.05) is 25.9 Å². The van der Waals surface area contributed by atoms with Gasteiger partial charge in [-0.05, 0) is 24.5 Å². The quantitative estimate of drug-likeness (QED) is 0.799. The number of halogens is 1. The molecule has 0 spiro atoms. The van der Waals surface area contributed by atoms with Gasteiger partial charge in [-0.15, -0.1) is 0 Å². The zero-order chi connectivity index (χ0) is 16.6. The van der Waals surface area contributed by atoms with E-state index in [0.717, 1.165) is 17.7 Å². The van der Waals surface area contributed by atoms with Gasteiger partial charge >= 0.3 is 0 Å². The van der Waals surface area contributed by atoms with Crippen molar-refractivity contribution in [2.24, 2.45) is 5.92 Å². The maximum atomic E-state index is 12.7. The minimum atomic E-state index is -3.16. The van der Waals surface area contributed by atoms with E-state index in [4.69, 9.17) is 11.6 Å². The molecule has 3 heterocycles. The molecular formula is C15H20ClN3O3S. The Hall–Kier alpha value is -1.18. The van der Waals surface area contributed by atoms with Crippen molar-refractivity contribution in [1.29, 1.82) is 0 Å². The molecule has 0 N–H and O–H groups in total. The van der Waals surface area contributed by atoms with Crippen LogP contribution in [0.5, 0.6) is 0 Å². The highest BCUT2D eigenvalue weighted by atomic mass is 35.5. The van der Waals surface area contributed by atoms with Crippen molar-refractivity contribution in [2.45, 2.75) is 25.8 Å². The number of hydrogen-bond acceptors (Lipinski definition) is 4. The number of fused-ring (bicyclic) bond motifs is 1. The zero-order valence-corrected chi connectivity index (χ0v) is 14.6. The van der Waals surface area contributed by atoms with E-state index in [1.54, 1.807) is 6.20 Å². The fourth-order valence-electron chi connectivity index (χ4n) is 3.28. The average Bonchev–Trinajstić information content (AvgIpc) is 2.52. The van der Waals surface area contributed by atoms with Crippen LogP contribution in [0, 0.1) is 5.92 Å². The second kappa shape index (κ2) is 6.37. The fourth-order valence-corrected chi connectivity index (χ4v) is 4.33. The van der Waals surface area contributed by atoms with Crippen LogP contribution in [0.4, 0.5) is 0 Å². The molecule has 2 aliphatic rings. The van der Waals surface area contributed by atoms with Gasteiger partial charge in [-0.3, -0.25) is 9.78 Å². The lowest BCUT2D eigenvalue weighted by molar-refractivity contribution is -0.137. The van der Waals surface area contributed by atoms with E-state index in [-0.39, 0.29) is 11.8 Å². The molecule has 126 valence electrons. The van der Waals surface area contributed by atoms with Crippen LogP contribution in [-0.4, -0.2) is 54.4 Å². The van der Waals surface area contributed by atoms with Crippen LogP contribution in [0.15, 0.2) is 12.3 Å². The first-order valence-corrected chi connectivity index (χ1v) is 9.94. The number of rotatable bonds is 2. The van der Waals surface area contributed by atoms with E-state index in [1.807, 2.05) is 11.0 Å². The number of piperidine rings is 1. The third-order valence-electron chi connectivity index (χ3n) is 4.59. The summed E-state index contributed by atoms with van der Waals surface area (Å²) in [6, 6.07) is 1.87. The standard InChI is InChI=1S/C15H20ClN3O3S/c1-23(21,22)19-6-2-11(3-7-19)15(20)18-5-4-14-12(10-18)8-13(16)9-17-14/h8-9,11H,2-7,10H2,1H3. The van der Waals surface area contributed by atoms with Crippen LogP contribution >= 0.6 is 11.6 Å². The summed E-state index contributed by atoms with van der Waals surface area (Å²) in [7, 11) is -3.16. The zero-order valence-electron chi connectivity index (χ0n) is 13.0. The molecule has 0 unspecified atom stereocenters. The molecule has 2 aliphatic heterocycles. The maximum Gasteiger partial charge on any atom is 0.226 e. The Morgan fingerprint density at radius 3 is 2.65 bits per heavy atom. The fraction of sp³-hybridized carbons (Fsp3) is 0.600. The molecule has 0 aliphatic carbocycles. The third kappa shape index (κ3) is 3.67. The first-order valence-electron chi connectivity index (χ1n) is 7.72. The Morgan fingerprint density at radius 2 is 2.00 bits per heavy atom. The molecule has 1 aromatic rings. The van der Waals surface area contributed by atoms with E-state index < -0.39 is 10.0 Å². The number of nitrogens with zero attached hydrogens (tertiary/aromatic N) is 3.